The zero-order valence-corrected chi connectivity index (χ0v) is 8.55. The lowest BCUT2D eigenvalue weighted by atomic mass is 10.1. The van der Waals surface area contributed by atoms with Crippen LogP contribution < -0.4 is 0 Å². The summed E-state index contributed by atoms with van der Waals surface area (Å²) in [6.45, 7) is 4.12. The summed E-state index contributed by atoms with van der Waals surface area (Å²) in [5.74, 6) is -0.191. The van der Waals surface area contributed by atoms with E-state index in [1.807, 2.05) is 0 Å². The van der Waals surface area contributed by atoms with Gasteiger partial charge in [0.1, 0.15) is 0 Å². The SMILES string of the molecule is [3H]C1CC([CH])[C@@H](COP(C)(O)=S)O1. The van der Waals surface area contributed by atoms with Gasteiger partial charge in [-0.1, -0.05) is 0 Å². The maximum absolute atomic E-state index is 9.19. The summed E-state index contributed by atoms with van der Waals surface area (Å²) in [4.78, 5) is 9.19. The molecular formula is C7H13O3PS. The predicted molar refractivity (Wildman–Crippen MR) is 50.5 cm³/mol. The highest BCUT2D eigenvalue weighted by Gasteiger charge is 2.25. The average molecular weight is 210 g/mol. The van der Waals surface area contributed by atoms with Crippen LogP contribution in [0.25, 0.3) is 0 Å². The van der Waals surface area contributed by atoms with Crippen LogP contribution in [0.2, 0.25) is 0 Å². The van der Waals surface area contributed by atoms with E-state index in [1.165, 1.54) is 6.66 Å². The molecule has 2 radical (unpaired) electrons. The highest BCUT2D eigenvalue weighted by atomic mass is 32.5. The van der Waals surface area contributed by atoms with Crippen molar-refractivity contribution >= 4 is 18.3 Å². The smallest absolute Gasteiger partial charge is 0.183 e. The first-order chi connectivity index (χ1) is 5.88. The zero-order valence-electron chi connectivity index (χ0n) is 7.84. The van der Waals surface area contributed by atoms with Gasteiger partial charge in [0.05, 0.1) is 14.1 Å². The standard InChI is InChI=1S/C7H13O3PS/c1-6-3-4-9-7(6)5-10-11(2,8)12/h1,6-7H,3-5H2,2H3,(H,8,12)/t6?,7-,11?/m1/s1/i4T/t4?,6?,7-,11?. The molecule has 0 bridgehead atoms. The second kappa shape index (κ2) is 4.16. The Morgan fingerprint density at radius 3 is 3.08 bits per heavy atom. The van der Waals surface area contributed by atoms with E-state index in [-0.39, 0.29) is 18.6 Å². The van der Waals surface area contributed by atoms with E-state index in [0.29, 0.717) is 6.42 Å². The van der Waals surface area contributed by atoms with E-state index in [0.717, 1.165) is 0 Å². The van der Waals surface area contributed by atoms with Gasteiger partial charge in [-0.05, 0) is 31.1 Å². The summed E-state index contributed by atoms with van der Waals surface area (Å²) < 4.78 is 17.5. The van der Waals surface area contributed by atoms with Crippen molar-refractivity contribution < 1.29 is 15.5 Å². The minimum absolute atomic E-state index is 0.181. The lowest BCUT2D eigenvalue weighted by molar-refractivity contribution is 0.0565. The summed E-state index contributed by atoms with van der Waals surface area (Å²) in [5, 5.41) is 0. The highest BCUT2D eigenvalue weighted by Crippen LogP contribution is 2.38. The molecule has 0 amide bonds. The molecule has 0 aromatic rings. The van der Waals surface area contributed by atoms with Crippen molar-refractivity contribution in [1.29, 1.82) is 0 Å². The van der Waals surface area contributed by atoms with Crippen LogP contribution in [0.1, 0.15) is 7.79 Å². The van der Waals surface area contributed by atoms with Gasteiger partial charge in [-0.15, -0.1) is 0 Å². The first kappa shape index (κ1) is 9.10. The van der Waals surface area contributed by atoms with Crippen LogP contribution >= 0.6 is 6.49 Å². The first-order valence-corrected chi connectivity index (χ1v) is 6.78. The van der Waals surface area contributed by atoms with E-state index in [2.05, 4.69) is 11.8 Å². The summed E-state index contributed by atoms with van der Waals surface area (Å²) in [7, 11) is 0. The van der Waals surface area contributed by atoms with E-state index < -0.39 is 13.1 Å². The number of hydrogen-bond donors (Lipinski definition) is 1. The fourth-order valence-corrected chi connectivity index (χ4v) is 1.52. The van der Waals surface area contributed by atoms with Gasteiger partial charge in [-0.2, -0.15) is 0 Å². The van der Waals surface area contributed by atoms with Crippen molar-refractivity contribution in [2.45, 2.75) is 12.5 Å². The van der Waals surface area contributed by atoms with Crippen LogP contribution in [0, 0.1) is 12.8 Å². The topological polar surface area (TPSA) is 38.7 Å². The molecule has 0 spiro atoms. The van der Waals surface area contributed by atoms with Gasteiger partial charge in [0.25, 0.3) is 0 Å². The van der Waals surface area contributed by atoms with Gasteiger partial charge in [-0.25, -0.2) is 0 Å². The molecule has 1 heterocycles. The third-order valence-electron chi connectivity index (χ3n) is 1.60. The Morgan fingerprint density at radius 1 is 2.00 bits per heavy atom. The second-order valence-electron chi connectivity index (χ2n) is 2.84. The molecule has 1 aliphatic rings. The van der Waals surface area contributed by atoms with Crippen LogP contribution in [-0.2, 0) is 21.1 Å². The molecule has 4 atom stereocenters. The Balaban J connectivity index is 2.34. The van der Waals surface area contributed by atoms with Crippen molar-refractivity contribution in [3.8, 4) is 0 Å². The van der Waals surface area contributed by atoms with E-state index in [1.54, 1.807) is 0 Å². The Bertz CT molecular complexity index is 220. The molecule has 0 saturated carbocycles. The van der Waals surface area contributed by atoms with Crippen LogP contribution in [-0.4, -0.2) is 30.9 Å². The maximum Gasteiger partial charge on any atom is 0.183 e. The van der Waals surface area contributed by atoms with Gasteiger partial charge in [0.2, 0.25) is 0 Å². The lowest BCUT2D eigenvalue weighted by Crippen LogP contribution is -2.19. The molecule has 0 aromatic heterocycles. The molecule has 0 aromatic carbocycles. The molecule has 70 valence electrons. The van der Waals surface area contributed by atoms with Crippen LogP contribution in [0.3, 0.4) is 0 Å². The van der Waals surface area contributed by atoms with Gasteiger partial charge in [0, 0.05) is 13.2 Å². The quantitative estimate of drug-likeness (QED) is 0.707. The average Bonchev–Trinajstić information content (AvgIpc) is 2.24. The first-order valence-electron chi connectivity index (χ1n) is 4.24. The molecule has 1 N–H and O–H groups in total. The minimum Gasteiger partial charge on any atom is -0.375 e. The van der Waals surface area contributed by atoms with Gasteiger partial charge in [0.15, 0.2) is 6.49 Å². The minimum atomic E-state index is -2.63. The number of ether oxygens (including phenoxy) is 1. The third-order valence-corrected chi connectivity index (χ3v) is 2.54. The van der Waals surface area contributed by atoms with Crippen molar-refractivity contribution in [3.05, 3.63) is 6.92 Å². The highest BCUT2D eigenvalue weighted by molar-refractivity contribution is 8.09. The van der Waals surface area contributed by atoms with Gasteiger partial charge in [-0.3, -0.25) is 0 Å². The number of hydrogen-bond acceptors (Lipinski definition) is 3. The fraction of sp³-hybridized carbons (Fsp3) is 0.857. The Hall–Kier alpha value is 0.530. The monoisotopic (exact) mass is 210 g/mol. The van der Waals surface area contributed by atoms with Gasteiger partial charge < -0.3 is 14.2 Å². The van der Waals surface area contributed by atoms with Crippen LogP contribution in [0.4, 0.5) is 0 Å². The Kier molecular flexibility index (Phi) is 3.15. The van der Waals surface area contributed by atoms with Crippen LogP contribution in [0.15, 0.2) is 0 Å². The van der Waals surface area contributed by atoms with E-state index >= 15 is 0 Å². The summed E-state index contributed by atoms with van der Waals surface area (Å²) in [6, 6.07) is 0. The molecule has 5 heteroatoms. The molecule has 1 fully saturated rings. The summed E-state index contributed by atoms with van der Waals surface area (Å²) in [6.07, 6.45) is 0.198. The molecule has 1 saturated heterocycles. The van der Waals surface area contributed by atoms with E-state index in [4.69, 9.17) is 17.6 Å². The summed E-state index contributed by atoms with van der Waals surface area (Å²) in [5.41, 5.74) is 0. The Labute approximate surface area is 79.6 Å². The lowest BCUT2D eigenvalue weighted by Gasteiger charge is -2.17. The molecule has 1 aliphatic heterocycles. The molecule has 3 unspecified atom stereocenters. The molecule has 0 aliphatic carbocycles. The predicted octanol–water partition coefficient (Wildman–Crippen LogP) is 1.05. The zero-order chi connectivity index (χ0) is 10.1. The third kappa shape index (κ3) is 3.50. The van der Waals surface area contributed by atoms with Crippen LogP contribution in [0.5, 0.6) is 0 Å². The Morgan fingerprint density at radius 2 is 2.67 bits per heavy atom. The molecular weight excluding hydrogens is 195 g/mol. The van der Waals surface area contributed by atoms with Crippen molar-refractivity contribution in [3.63, 3.8) is 0 Å². The number of rotatable bonds is 3. The largest absolute Gasteiger partial charge is 0.375 e. The molecule has 1 rings (SSSR count). The molecule has 12 heavy (non-hydrogen) atoms. The van der Waals surface area contributed by atoms with Crippen molar-refractivity contribution in [2.75, 3.05) is 19.9 Å². The van der Waals surface area contributed by atoms with Gasteiger partial charge >= 0.3 is 0 Å². The summed E-state index contributed by atoms with van der Waals surface area (Å²) >= 11 is 4.69. The van der Waals surface area contributed by atoms with Crippen molar-refractivity contribution in [2.24, 2.45) is 5.92 Å². The fourth-order valence-electron chi connectivity index (χ4n) is 0.918. The normalized spacial score (nSPS) is 42.2. The van der Waals surface area contributed by atoms with E-state index in [9.17, 15) is 4.89 Å². The van der Waals surface area contributed by atoms with Crippen molar-refractivity contribution in [1.82, 2.24) is 0 Å². The molecule has 3 nitrogen and oxygen atoms in total. The second-order valence-corrected chi connectivity index (χ2v) is 6.74. The maximum atomic E-state index is 9.19.